The van der Waals surface area contributed by atoms with Crippen LogP contribution >= 0.6 is 0 Å². The predicted molar refractivity (Wildman–Crippen MR) is 60.6 cm³/mol. The average Bonchev–Trinajstić information content (AvgIpc) is 2.56. The van der Waals surface area contributed by atoms with Crippen LogP contribution in [0.5, 0.6) is 0 Å². The molecule has 1 heterocycles. The highest BCUT2D eigenvalue weighted by molar-refractivity contribution is 5.77. The van der Waals surface area contributed by atoms with Crippen LogP contribution in [0.25, 0.3) is 0 Å². The van der Waals surface area contributed by atoms with Crippen molar-refractivity contribution >= 4 is 5.91 Å². The molecule has 0 saturated carbocycles. The highest BCUT2D eigenvalue weighted by Gasteiger charge is 2.35. The number of rotatable bonds is 4. The predicted octanol–water partition coefficient (Wildman–Crippen LogP) is 1.92. The van der Waals surface area contributed by atoms with E-state index in [1.54, 1.807) is 7.11 Å². The van der Waals surface area contributed by atoms with E-state index in [0.717, 1.165) is 13.0 Å². The molecule has 2 unspecified atom stereocenters. The summed E-state index contributed by atoms with van der Waals surface area (Å²) in [5.74, 6) is 1.44. The second-order valence-corrected chi connectivity index (χ2v) is 4.83. The summed E-state index contributed by atoms with van der Waals surface area (Å²) in [6, 6.07) is 0.425. The molecule has 0 N–H and O–H groups in total. The molecule has 0 bridgehead atoms. The number of hydrogen-bond donors (Lipinski definition) is 0. The summed E-state index contributed by atoms with van der Waals surface area (Å²) in [7, 11) is 1.64. The van der Waals surface area contributed by atoms with Gasteiger partial charge < -0.3 is 9.64 Å². The largest absolute Gasteiger partial charge is 0.384 e. The van der Waals surface area contributed by atoms with Crippen LogP contribution < -0.4 is 0 Å². The van der Waals surface area contributed by atoms with Gasteiger partial charge in [-0.25, -0.2) is 0 Å². The van der Waals surface area contributed by atoms with Gasteiger partial charge in [0.25, 0.3) is 0 Å². The van der Waals surface area contributed by atoms with Crippen LogP contribution in [0, 0.1) is 11.8 Å². The molecule has 3 heteroatoms. The van der Waals surface area contributed by atoms with Crippen molar-refractivity contribution in [1.29, 1.82) is 0 Å². The van der Waals surface area contributed by atoms with Crippen molar-refractivity contribution in [1.82, 2.24) is 4.90 Å². The molecule has 88 valence electrons. The van der Waals surface area contributed by atoms with E-state index >= 15 is 0 Å². The maximum Gasteiger partial charge on any atom is 0.225 e. The zero-order chi connectivity index (χ0) is 11.4. The summed E-state index contributed by atoms with van der Waals surface area (Å²) >= 11 is 0. The lowest BCUT2D eigenvalue weighted by Crippen LogP contribution is -2.41. The molecule has 3 nitrogen and oxygen atoms in total. The number of likely N-dealkylation sites (tertiary alicyclic amines) is 1. The number of carbonyl (C=O) groups is 1. The third-order valence-corrected chi connectivity index (χ3v) is 3.29. The molecule has 0 aromatic rings. The van der Waals surface area contributed by atoms with E-state index in [0.29, 0.717) is 30.9 Å². The van der Waals surface area contributed by atoms with Crippen molar-refractivity contribution in [3.8, 4) is 0 Å². The van der Waals surface area contributed by atoms with Crippen LogP contribution in [0.15, 0.2) is 0 Å². The Kier molecular flexibility index (Phi) is 4.58. The number of methoxy groups -OCH3 is 1. The van der Waals surface area contributed by atoms with Crippen molar-refractivity contribution in [2.75, 3.05) is 20.3 Å². The SMILES string of the molecule is COCCC(=O)N1CCC(C)C1C(C)C. The molecule has 15 heavy (non-hydrogen) atoms. The molecule has 0 aromatic carbocycles. The number of nitrogens with zero attached hydrogens (tertiary/aromatic N) is 1. The van der Waals surface area contributed by atoms with Gasteiger partial charge in [0, 0.05) is 19.7 Å². The van der Waals surface area contributed by atoms with Gasteiger partial charge in [0.2, 0.25) is 5.91 Å². The molecule has 0 spiro atoms. The van der Waals surface area contributed by atoms with Crippen molar-refractivity contribution in [3.63, 3.8) is 0 Å². The highest BCUT2D eigenvalue weighted by Crippen LogP contribution is 2.29. The Balaban J connectivity index is 2.56. The first-order valence-electron chi connectivity index (χ1n) is 5.86. The van der Waals surface area contributed by atoms with Crippen LogP contribution in [0.4, 0.5) is 0 Å². The van der Waals surface area contributed by atoms with E-state index in [4.69, 9.17) is 4.74 Å². The Bertz CT molecular complexity index is 216. The maximum atomic E-state index is 11.9. The van der Waals surface area contributed by atoms with E-state index in [1.165, 1.54) is 0 Å². The summed E-state index contributed by atoms with van der Waals surface area (Å²) in [4.78, 5) is 14.0. The Morgan fingerprint density at radius 1 is 1.53 bits per heavy atom. The minimum atomic E-state index is 0.250. The van der Waals surface area contributed by atoms with Crippen molar-refractivity contribution < 1.29 is 9.53 Å². The minimum absolute atomic E-state index is 0.250. The molecule has 1 aliphatic rings. The zero-order valence-corrected chi connectivity index (χ0v) is 10.3. The fourth-order valence-corrected chi connectivity index (χ4v) is 2.61. The molecule has 1 fully saturated rings. The summed E-state index contributed by atoms with van der Waals surface area (Å²) in [6.07, 6.45) is 1.66. The lowest BCUT2D eigenvalue weighted by Gasteiger charge is -2.30. The standard InChI is InChI=1S/C12H23NO2/c1-9(2)12-10(3)5-7-13(12)11(14)6-8-15-4/h9-10,12H,5-8H2,1-4H3. The summed E-state index contributed by atoms with van der Waals surface area (Å²) in [5, 5.41) is 0. The fourth-order valence-electron chi connectivity index (χ4n) is 2.61. The number of carbonyl (C=O) groups excluding carboxylic acids is 1. The smallest absolute Gasteiger partial charge is 0.225 e. The highest BCUT2D eigenvalue weighted by atomic mass is 16.5. The third kappa shape index (κ3) is 2.94. The molecule has 0 aromatic heterocycles. The van der Waals surface area contributed by atoms with Gasteiger partial charge in [-0.2, -0.15) is 0 Å². The monoisotopic (exact) mass is 213 g/mol. The van der Waals surface area contributed by atoms with Gasteiger partial charge in [0.05, 0.1) is 13.0 Å². The van der Waals surface area contributed by atoms with E-state index in [-0.39, 0.29) is 5.91 Å². The number of hydrogen-bond acceptors (Lipinski definition) is 2. The number of amides is 1. The van der Waals surface area contributed by atoms with Gasteiger partial charge in [-0.15, -0.1) is 0 Å². The fraction of sp³-hybridized carbons (Fsp3) is 0.917. The lowest BCUT2D eigenvalue weighted by atomic mass is 9.93. The van der Waals surface area contributed by atoms with E-state index in [2.05, 4.69) is 20.8 Å². The van der Waals surface area contributed by atoms with Crippen molar-refractivity contribution in [2.24, 2.45) is 11.8 Å². The lowest BCUT2D eigenvalue weighted by molar-refractivity contribution is -0.134. The average molecular weight is 213 g/mol. The summed E-state index contributed by atoms with van der Waals surface area (Å²) in [5.41, 5.74) is 0. The topological polar surface area (TPSA) is 29.5 Å². The maximum absolute atomic E-state index is 11.9. The van der Waals surface area contributed by atoms with E-state index in [9.17, 15) is 4.79 Å². The van der Waals surface area contributed by atoms with Gasteiger partial charge in [-0.3, -0.25) is 4.79 Å². The molecule has 1 aliphatic heterocycles. The van der Waals surface area contributed by atoms with Crippen LogP contribution in [-0.2, 0) is 9.53 Å². The number of ether oxygens (including phenoxy) is 1. The summed E-state index contributed by atoms with van der Waals surface area (Å²) in [6.45, 7) is 8.10. The van der Waals surface area contributed by atoms with Gasteiger partial charge >= 0.3 is 0 Å². The van der Waals surface area contributed by atoms with Gasteiger partial charge in [0.15, 0.2) is 0 Å². The molecular weight excluding hydrogens is 190 g/mol. The normalized spacial score (nSPS) is 26.3. The van der Waals surface area contributed by atoms with Crippen LogP contribution in [-0.4, -0.2) is 37.1 Å². The third-order valence-electron chi connectivity index (χ3n) is 3.29. The van der Waals surface area contributed by atoms with Gasteiger partial charge in [-0.1, -0.05) is 20.8 Å². The van der Waals surface area contributed by atoms with Crippen LogP contribution in [0.2, 0.25) is 0 Å². The first-order valence-corrected chi connectivity index (χ1v) is 5.86. The van der Waals surface area contributed by atoms with Crippen molar-refractivity contribution in [2.45, 2.75) is 39.7 Å². The molecule has 0 aliphatic carbocycles. The van der Waals surface area contributed by atoms with Gasteiger partial charge in [0.1, 0.15) is 0 Å². The Morgan fingerprint density at radius 2 is 2.20 bits per heavy atom. The Labute approximate surface area is 92.8 Å². The second kappa shape index (κ2) is 5.50. The molecule has 2 atom stereocenters. The minimum Gasteiger partial charge on any atom is -0.384 e. The van der Waals surface area contributed by atoms with Crippen LogP contribution in [0.3, 0.4) is 0 Å². The first kappa shape index (κ1) is 12.5. The Morgan fingerprint density at radius 3 is 2.73 bits per heavy atom. The zero-order valence-electron chi connectivity index (χ0n) is 10.3. The molecule has 1 amide bonds. The van der Waals surface area contributed by atoms with E-state index < -0.39 is 0 Å². The molecule has 1 rings (SSSR count). The van der Waals surface area contributed by atoms with E-state index in [1.807, 2.05) is 4.90 Å². The summed E-state index contributed by atoms with van der Waals surface area (Å²) < 4.78 is 4.95. The van der Waals surface area contributed by atoms with Crippen LogP contribution in [0.1, 0.15) is 33.6 Å². The Hall–Kier alpha value is -0.570. The second-order valence-electron chi connectivity index (χ2n) is 4.83. The molecule has 0 radical (unpaired) electrons. The quantitative estimate of drug-likeness (QED) is 0.714. The first-order chi connectivity index (χ1) is 7.07. The molecular formula is C12H23NO2. The molecule has 1 saturated heterocycles. The van der Waals surface area contributed by atoms with Gasteiger partial charge in [-0.05, 0) is 18.3 Å². The van der Waals surface area contributed by atoms with Crippen molar-refractivity contribution in [3.05, 3.63) is 0 Å².